The number of unbranched alkanes of at least 4 members (excludes halogenated alkanes) is 1. The molecule has 2 rings (SSSR count). The van der Waals surface area contributed by atoms with Crippen molar-refractivity contribution >= 4 is 29.1 Å². The Hall–Kier alpha value is -1.81. The Morgan fingerprint density at radius 3 is 2.75 bits per heavy atom. The second kappa shape index (κ2) is 7.10. The monoisotopic (exact) mass is 290 g/mol. The predicted octanol–water partition coefficient (Wildman–Crippen LogP) is 4.39. The summed E-state index contributed by atoms with van der Waals surface area (Å²) in [6, 6.07) is 9.50. The molecule has 1 aromatic heterocycles. The molecule has 0 amide bonds. The third-order valence-corrected chi connectivity index (χ3v) is 3.13. The number of nitrogens with zero attached hydrogens (tertiary/aromatic N) is 2. The lowest BCUT2D eigenvalue weighted by atomic mass is 10.3. The number of nitrogens with one attached hydrogen (secondary N) is 2. The molecule has 0 aliphatic heterocycles. The molecule has 2 aromatic rings. The van der Waals surface area contributed by atoms with Crippen LogP contribution >= 0.6 is 11.6 Å². The number of para-hydroxylation sites is 1. The van der Waals surface area contributed by atoms with Crippen LogP contribution in [-0.4, -0.2) is 16.5 Å². The van der Waals surface area contributed by atoms with Crippen molar-refractivity contribution in [3.05, 3.63) is 41.0 Å². The van der Waals surface area contributed by atoms with Crippen LogP contribution in [0.4, 0.5) is 17.5 Å². The van der Waals surface area contributed by atoms with Crippen molar-refractivity contribution in [2.45, 2.75) is 26.7 Å². The van der Waals surface area contributed by atoms with E-state index in [9.17, 15) is 0 Å². The number of hydrogen-bond acceptors (Lipinski definition) is 4. The standard InChI is InChI=1S/C15H19ClN4/c1-3-4-9-17-15-18-11(2)10-14(20-15)19-13-8-6-5-7-12(13)16/h5-8,10H,3-4,9H2,1-2H3,(H2,17,18,19,20). The highest BCUT2D eigenvalue weighted by molar-refractivity contribution is 6.33. The van der Waals surface area contributed by atoms with E-state index in [1.807, 2.05) is 37.3 Å². The van der Waals surface area contributed by atoms with Crippen molar-refractivity contribution in [3.8, 4) is 0 Å². The quantitative estimate of drug-likeness (QED) is 0.775. The molecule has 0 atom stereocenters. The van der Waals surface area contributed by atoms with Crippen molar-refractivity contribution in [1.82, 2.24) is 9.97 Å². The first kappa shape index (κ1) is 14.6. The van der Waals surface area contributed by atoms with Gasteiger partial charge in [-0.15, -0.1) is 0 Å². The van der Waals surface area contributed by atoms with Gasteiger partial charge in [0.25, 0.3) is 0 Å². The maximum absolute atomic E-state index is 6.13. The first-order valence-electron chi connectivity index (χ1n) is 6.80. The highest BCUT2D eigenvalue weighted by atomic mass is 35.5. The molecule has 0 saturated carbocycles. The van der Waals surface area contributed by atoms with Gasteiger partial charge >= 0.3 is 0 Å². The molecule has 5 heteroatoms. The van der Waals surface area contributed by atoms with E-state index in [-0.39, 0.29) is 0 Å². The molecule has 0 fully saturated rings. The lowest BCUT2D eigenvalue weighted by Crippen LogP contribution is -2.07. The summed E-state index contributed by atoms with van der Waals surface area (Å²) in [7, 11) is 0. The summed E-state index contributed by atoms with van der Waals surface area (Å²) < 4.78 is 0. The topological polar surface area (TPSA) is 49.8 Å². The molecule has 1 heterocycles. The van der Waals surface area contributed by atoms with Crippen LogP contribution in [0.2, 0.25) is 5.02 Å². The number of anilines is 3. The summed E-state index contributed by atoms with van der Waals surface area (Å²) in [5, 5.41) is 7.12. The van der Waals surface area contributed by atoms with Gasteiger partial charge < -0.3 is 10.6 Å². The van der Waals surface area contributed by atoms with E-state index in [0.717, 1.165) is 36.6 Å². The van der Waals surface area contributed by atoms with Gasteiger partial charge in [0, 0.05) is 18.3 Å². The highest BCUT2D eigenvalue weighted by Crippen LogP contribution is 2.24. The molecule has 0 bridgehead atoms. The Kier molecular flexibility index (Phi) is 5.18. The predicted molar refractivity (Wildman–Crippen MR) is 84.9 cm³/mol. The Morgan fingerprint density at radius 1 is 1.20 bits per heavy atom. The van der Waals surface area contributed by atoms with E-state index < -0.39 is 0 Å². The molecule has 0 spiro atoms. The number of hydrogen-bond donors (Lipinski definition) is 2. The molecular formula is C15H19ClN4. The lowest BCUT2D eigenvalue weighted by molar-refractivity contribution is 0.825. The summed E-state index contributed by atoms with van der Waals surface area (Å²) in [5.41, 5.74) is 1.75. The van der Waals surface area contributed by atoms with Gasteiger partial charge in [0.15, 0.2) is 0 Å². The van der Waals surface area contributed by atoms with Gasteiger partial charge in [-0.25, -0.2) is 4.98 Å². The van der Waals surface area contributed by atoms with Crippen molar-refractivity contribution in [2.24, 2.45) is 0 Å². The van der Waals surface area contributed by atoms with E-state index in [1.165, 1.54) is 0 Å². The molecule has 1 aromatic carbocycles. The minimum Gasteiger partial charge on any atom is -0.354 e. The number of benzene rings is 1. The van der Waals surface area contributed by atoms with E-state index in [1.54, 1.807) is 0 Å². The van der Waals surface area contributed by atoms with Crippen LogP contribution in [0.5, 0.6) is 0 Å². The number of halogens is 1. The van der Waals surface area contributed by atoms with Gasteiger partial charge in [0.2, 0.25) is 5.95 Å². The molecule has 106 valence electrons. The molecule has 2 N–H and O–H groups in total. The zero-order chi connectivity index (χ0) is 14.4. The van der Waals surface area contributed by atoms with Crippen LogP contribution in [0, 0.1) is 6.92 Å². The third-order valence-electron chi connectivity index (χ3n) is 2.80. The van der Waals surface area contributed by atoms with Crippen molar-refractivity contribution in [1.29, 1.82) is 0 Å². The van der Waals surface area contributed by atoms with Gasteiger partial charge in [-0.05, 0) is 25.5 Å². The maximum Gasteiger partial charge on any atom is 0.224 e. The fraction of sp³-hybridized carbons (Fsp3) is 0.333. The highest BCUT2D eigenvalue weighted by Gasteiger charge is 2.04. The summed E-state index contributed by atoms with van der Waals surface area (Å²) in [4.78, 5) is 8.82. The normalized spacial score (nSPS) is 10.3. The Labute approximate surface area is 124 Å². The summed E-state index contributed by atoms with van der Waals surface area (Å²) in [5.74, 6) is 1.39. The molecule has 0 saturated heterocycles. The van der Waals surface area contributed by atoms with Gasteiger partial charge in [-0.3, -0.25) is 0 Å². The zero-order valence-electron chi connectivity index (χ0n) is 11.8. The SMILES string of the molecule is CCCCNc1nc(C)cc(Nc2ccccc2Cl)n1. The third kappa shape index (κ3) is 4.10. The van der Waals surface area contributed by atoms with Crippen LogP contribution in [0.1, 0.15) is 25.5 Å². The van der Waals surface area contributed by atoms with Crippen LogP contribution in [-0.2, 0) is 0 Å². The van der Waals surface area contributed by atoms with Crippen LogP contribution in [0.3, 0.4) is 0 Å². The maximum atomic E-state index is 6.13. The average Bonchev–Trinajstić information content (AvgIpc) is 2.41. The van der Waals surface area contributed by atoms with Crippen molar-refractivity contribution < 1.29 is 0 Å². The minimum atomic E-state index is 0.646. The smallest absolute Gasteiger partial charge is 0.224 e. The number of aromatic nitrogens is 2. The molecule has 0 aliphatic carbocycles. The fourth-order valence-corrected chi connectivity index (χ4v) is 1.97. The van der Waals surface area contributed by atoms with Crippen molar-refractivity contribution in [2.75, 3.05) is 17.2 Å². The minimum absolute atomic E-state index is 0.646. The van der Waals surface area contributed by atoms with Gasteiger partial charge in [0.1, 0.15) is 5.82 Å². The molecule has 0 unspecified atom stereocenters. The van der Waals surface area contributed by atoms with Gasteiger partial charge in [-0.1, -0.05) is 37.1 Å². The second-order valence-electron chi connectivity index (χ2n) is 4.60. The van der Waals surface area contributed by atoms with Gasteiger partial charge in [-0.2, -0.15) is 4.98 Å². The summed E-state index contributed by atoms with van der Waals surface area (Å²) >= 11 is 6.13. The molecule has 0 radical (unpaired) electrons. The number of aryl methyl sites for hydroxylation is 1. The summed E-state index contributed by atoms with van der Waals surface area (Å²) in [6.45, 7) is 4.99. The van der Waals surface area contributed by atoms with E-state index in [4.69, 9.17) is 11.6 Å². The van der Waals surface area contributed by atoms with Crippen LogP contribution in [0.25, 0.3) is 0 Å². The molecule has 0 aliphatic rings. The van der Waals surface area contributed by atoms with E-state index in [2.05, 4.69) is 27.5 Å². The second-order valence-corrected chi connectivity index (χ2v) is 5.01. The average molecular weight is 291 g/mol. The van der Waals surface area contributed by atoms with Gasteiger partial charge in [0.05, 0.1) is 10.7 Å². The molecular weight excluding hydrogens is 272 g/mol. The largest absolute Gasteiger partial charge is 0.354 e. The van der Waals surface area contributed by atoms with E-state index >= 15 is 0 Å². The Morgan fingerprint density at radius 2 is 2.00 bits per heavy atom. The van der Waals surface area contributed by atoms with E-state index in [0.29, 0.717) is 11.0 Å². The molecule has 20 heavy (non-hydrogen) atoms. The Bertz CT molecular complexity index is 572. The Balaban J connectivity index is 2.13. The lowest BCUT2D eigenvalue weighted by Gasteiger charge is -2.10. The number of rotatable bonds is 6. The van der Waals surface area contributed by atoms with Crippen LogP contribution < -0.4 is 10.6 Å². The fourth-order valence-electron chi connectivity index (χ4n) is 1.79. The summed E-state index contributed by atoms with van der Waals surface area (Å²) in [6.07, 6.45) is 2.24. The van der Waals surface area contributed by atoms with Crippen LogP contribution in [0.15, 0.2) is 30.3 Å². The first-order valence-corrected chi connectivity index (χ1v) is 7.18. The molecule has 4 nitrogen and oxygen atoms in total. The zero-order valence-corrected chi connectivity index (χ0v) is 12.5. The van der Waals surface area contributed by atoms with Crippen molar-refractivity contribution in [3.63, 3.8) is 0 Å². The first-order chi connectivity index (χ1) is 9.69.